The van der Waals surface area contributed by atoms with Crippen LogP contribution in [0.15, 0.2) is 66.7 Å². The van der Waals surface area contributed by atoms with Crippen LogP contribution in [0, 0.1) is 19.7 Å². The zero-order chi connectivity index (χ0) is 23.1. The normalized spacial score (nSPS) is 15.2. The topological polar surface area (TPSA) is 67.2 Å². The number of anilines is 2. The molecule has 1 N–H and O–H groups in total. The van der Waals surface area contributed by atoms with Gasteiger partial charge in [-0.1, -0.05) is 48.0 Å². The van der Waals surface area contributed by atoms with Gasteiger partial charge < -0.3 is 5.32 Å². The van der Waals surface area contributed by atoms with Gasteiger partial charge in [0.1, 0.15) is 11.9 Å². The van der Waals surface area contributed by atoms with E-state index in [-0.39, 0.29) is 18.0 Å². The molecule has 1 aromatic heterocycles. The standard InChI is InChI=1S/C26H23FN4O2/c1-16-7-10-18(11-8-16)15-30-25(33)23(31-22-6-4-3-5-21(22)29-26(30)31)14-24(32)28-20-12-9-17(2)13-19(20)27/h3-13,23H,14-15H2,1-2H3,(H,28,32)/t23-/m1/s1. The summed E-state index contributed by atoms with van der Waals surface area (Å²) in [5.41, 5.74) is 4.51. The number of amides is 2. The lowest BCUT2D eigenvalue weighted by molar-refractivity contribution is -0.124. The maximum Gasteiger partial charge on any atom is 0.253 e. The maximum absolute atomic E-state index is 14.2. The predicted octanol–water partition coefficient (Wildman–Crippen LogP) is 4.91. The second kappa shape index (κ2) is 8.16. The molecule has 0 saturated heterocycles. The summed E-state index contributed by atoms with van der Waals surface area (Å²) in [5.74, 6) is -0.627. The van der Waals surface area contributed by atoms with Gasteiger partial charge in [0.25, 0.3) is 5.91 Å². The Morgan fingerprint density at radius 3 is 2.52 bits per heavy atom. The van der Waals surface area contributed by atoms with Gasteiger partial charge in [-0.2, -0.15) is 0 Å². The summed E-state index contributed by atoms with van der Waals surface area (Å²) in [5, 5.41) is 2.61. The van der Waals surface area contributed by atoms with Crippen LogP contribution in [-0.4, -0.2) is 21.4 Å². The van der Waals surface area contributed by atoms with E-state index in [0.29, 0.717) is 12.5 Å². The van der Waals surface area contributed by atoms with Crippen LogP contribution >= 0.6 is 0 Å². The summed E-state index contributed by atoms with van der Waals surface area (Å²) in [6.07, 6.45) is -0.121. The number of rotatable bonds is 5. The summed E-state index contributed by atoms with van der Waals surface area (Å²) < 4.78 is 16.0. The molecule has 166 valence electrons. The first kappa shape index (κ1) is 20.9. The molecule has 3 aromatic carbocycles. The SMILES string of the molecule is Cc1ccc(CN2C(=O)[C@@H](CC(=O)Nc3ccc(C)cc3F)n3c2nc2ccccc23)cc1. The number of benzene rings is 3. The molecule has 5 rings (SSSR count). The Hall–Kier alpha value is -4.00. The number of nitrogens with zero attached hydrogens (tertiary/aromatic N) is 3. The Morgan fingerprint density at radius 1 is 1.03 bits per heavy atom. The molecule has 1 atom stereocenters. The molecule has 4 aromatic rings. The molecule has 2 amide bonds. The lowest BCUT2D eigenvalue weighted by Crippen LogP contribution is -2.31. The number of carbonyl (C=O) groups is 2. The second-order valence-corrected chi connectivity index (χ2v) is 8.43. The van der Waals surface area contributed by atoms with Gasteiger partial charge in [0.2, 0.25) is 11.9 Å². The Kier molecular flexibility index (Phi) is 5.17. The fourth-order valence-corrected chi connectivity index (χ4v) is 4.22. The first-order valence-corrected chi connectivity index (χ1v) is 10.8. The highest BCUT2D eigenvalue weighted by atomic mass is 19.1. The number of fused-ring (bicyclic) bond motifs is 3. The van der Waals surface area contributed by atoms with E-state index in [0.717, 1.165) is 27.7 Å². The van der Waals surface area contributed by atoms with Crippen molar-refractivity contribution in [2.75, 3.05) is 10.2 Å². The van der Waals surface area contributed by atoms with E-state index >= 15 is 0 Å². The van der Waals surface area contributed by atoms with Gasteiger partial charge in [0.15, 0.2) is 0 Å². The van der Waals surface area contributed by atoms with Gasteiger partial charge in [0, 0.05) is 0 Å². The van der Waals surface area contributed by atoms with Gasteiger partial charge in [0.05, 0.1) is 29.7 Å². The molecule has 33 heavy (non-hydrogen) atoms. The van der Waals surface area contributed by atoms with Crippen molar-refractivity contribution in [2.24, 2.45) is 0 Å². The number of para-hydroxylation sites is 2. The molecule has 0 saturated carbocycles. The van der Waals surface area contributed by atoms with Crippen molar-refractivity contribution in [1.82, 2.24) is 9.55 Å². The Balaban J connectivity index is 1.46. The fourth-order valence-electron chi connectivity index (χ4n) is 4.22. The van der Waals surface area contributed by atoms with Crippen LogP contribution in [-0.2, 0) is 16.1 Å². The Labute approximate surface area is 190 Å². The minimum atomic E-state index is -0.758. The third-order valence-corrected chi connectivity index (χ3v) is 5.92. The molecule has 7 heteroatoms. The second-order valence-electron chi connectivity index (χ2n) is 8.43. The van der Waals surface area contributed by atoms with Crippen molar-refractivity contribution in [3.63, 3.8) is 0 Å². The van der Waals surface area contributed by atoms with Crippen molar-refractivity contribution < 1.29 is 14.0 Å². The molecule has 0 spiro atoms. The van der Waals surface area contributed by atoms with E-state index in [1.54, 1.807) is 17.9 Å². The van der Waals surface area contributed by atoms with Crippen molar-refractivity contribution in [3.05, 3.63) is 89.2 Å². The van der Waals surface area contributed by atoms with E-state index in [9.17, 15) is 14.0 Å². The lowest BCUT2D eigenvalue weighted by Gasteiger charge is -2.16. The summed E-state index contributed by atoms with van der Waals surface area (Å²) >= 11 is 0. The lowest BCUT2D eigenvalue weighted by atomic mass is 10.1. The summed E-state index contributed by atoms with van der Waals surface area (Å²) in [6, 6.07) is 19.4. The maximum atomic E-state index is 14.2. The molecule has 6 nitrogen and oxygen atoms in total. The quantitative estimate of drug-likeness (QED) is 0.478. The van der Waals surface area contributed by atoms with Gasteiger partial charge in [-0.15, -0.1) is 0 Å². The Bertz CT molecular complexity index is 1380. The number of aryl methyl sites for hydroxylation is 2. The molecule has 0 aliphatic carbocycles. The van der Waals surface area contributed by atoms with E-state index in [2.05, 4.69) is 10.3 Å². The van der Waals surface area contributed by atoms with Crippen LogP contribution in [0.1, 0.15) is 29.2 Å². The number of hydrogen-bond acceptors (Lipinski definition) is 3. The highest BCUT2D eigenvalue weighted by molar-refractivity contribution is 6.05. The number of carbonyl (C=O) groups excluding carboxylic acids is 2. The minimum absolute atomic E-state index is 0.100. The molecule has 0 fully saturated rings. The highest BCUT2D eigenvalue weighted by Crippen LogP contribution is 2.37. The first-order valence-electron chi connectivity index (χ1n) is 10.8. The zero-order valence-electron chi connectivity index (χ0n) is 18.4. The van der Waals surface area contributed by atoms with Crippen LogP contribution in [0.2, 0.25) is 0 Å². The molecule has 2 heterocycles. The molecular weight excluding hydrogens is 419 g/mol. The zero-order valence-corrected chi connectivity index (χ0v) is 18.4. The molecule has 0 radical (unpaired) electrons. The smallest absolute Gasteiger partial charge is 0.253 e. The summed E-state index contributed by atoms with van der Waals surface area (Å²) in [6.45, 7) is 4.14. The molecule has 0 bridgehead atoms. The van der Waals surface area contributed by atoms with Crippen LogP contribution in [0.3, 0.4) is 0 Å². The third kappa shape index (κ3) is 3.86. The van der Waals surface area contributed by atoms with E-state index in [1.165, 1.54) is 12.1 Å². The van der Waals surface area contributed by atoms with E-state index in [1.807, 2.05) is 60.0 Å². The van der Waals surface area contributed by atoms with Crippen LogP contribution < -0.4 is 10.2 Å². The average Bonchev–Trinajstić information content (AvgIpc) is 3.28. The van der Waals surface area contributed by atoms with Gasteiger partial charge in [-0.3, -0.25) is 19.1 Å². The van der Waals surface area contributed by atoms with Crippen LogP contribution in [0.5, 0.6) is 0 Å². The minimum Gasteiger partial charge on any atom is -0.324 e. The summed E-state index contributed by atoms with van der Waals surface area (Å²) in [7, 11) is 0. The molecule has 0 unspecified atom stereocenters. The summed E-state index contributed by atoms with van der Waals surface area (Å²) in [4.78, 5) is 32.6. The third-order valence-electron chi connectivity index (χ3n) is 5.92. The van der Waals surface area contributed by atoms with E-state index < -0.39 is 17.8 Å². The van der Waals surface area contributed by atoms with Crippen molar-refractivity contribution in [3.8, 4) is 0 Å². The largest absolute Gasteiger partial charge is 0.324 e. The molecular formula is C26H23FN4O2. The number of hydrogen-bond donors (Lipinski definition) is 1. The van der Waals surface area contributed by atoms with Crippen LogP contribution in [0.4, 0.5) is 16.0 Å². The predicted molar refractivity (Wildman–Crippen MR) is 126 cm³/mol. The average molecular weight is 442 g/mol. The highest BCUT2D eigenvalue weighted by Gasteiger charge is 2.40. The van der Waals surface area contributed by atoms with Crippen molar-refractivity contribution >= 4 is 34.5 Å². The van der Waals surface area contributed by atoms with Gasteiger partial charge in [-0.05, 0) is 49.2 Å². The van der Waals surface area contributed by atoms with Crippen molar-refractivity contribution in [1.29, 1.82) is 0 Å². The number of halogens is 1. The van der Waals surface area contributed by atoms with E-state index in [4.69, 9.17) is 0 Å². The van der Waals surface area contributed by atoms with Gasteiger partial charge >= 0.3 is 0 Å². The number of imidazole rings is 1. The fraction of sp³-hybridized carbons (Fsp3) is 0.192. The number of aromatic nitrogens is 2. The number of nitrogens with one attached hydrogen (secondary N) is 1. The molecule has 1 aliphatic rings. The molecule has 1 aliphatic heterocycles. The van der Waals surface area contributed by atoms with Crippen molar-refractivity contribution in [2.45, 2.75) is 32.9 Å². The monoisotopic (exact) mass is 442 g/mol. The van der Waals surface area contributed by atoms with Gasteiger partial charge in [-0.25, -0.2) is 9.37 Å². The Morgan fingerprint density at radius 2 is 1.76 bits per heavy atom. The van der Waals surface area contributed by atoms with Crippen LogP contribution in [0.25, 0.3) is 11.0 Å². The first-order chi connectivity index (χ1) is 15.9.